The number of carbonyl (C=O) groups is 1. The molecule has 0 aliphatic rings. The van der Waals surface area contributed by atoms with E-state index < -0.39 is 0 Å². The second-order valence-electron chi connectivity index (χ2n) is 4.27. The highest BCUT2D eigenvalue weighted by Gasteiger charge is 2.12. The van der Waals surface area contributed by atoms with Crippen LogP contribution >= 0.6 is 38.6 Å². The van der Waals surface area contributed by atoms with E-state index in [-0.39, 0.29) is 12.5 Å². The number of amides is 1. The van der Waals surface area contributed by atoms with Gasteiger partial charge in [0.1, 0.15) is 0 Å². The van der Waals surface area contributed by atoms with E-state index >= 15 is 0 Å². The lowest BCUT2D eigenvalue weighted by atomic mass is 10.2. The highest BCUT2D eigenvalue weighted by molar-refractivity contribution is 9.10. The summed E-state index contributed by atoms with van der Waals surface area (Å²) in [7, 11) is 0. The molecule has 0 aliphatic carbocycles. The molecule has 0 fully saturated rings. The molecule has 21 heavy (non-hydrogen) atoms. The number of aliphatic hydroxyl groups is 1. The van der Waals surface area contributed by atoms with Gasteiger partial charge in [-0.05, 0) is 45.9 Å². The lowest BCUT2D eigenvalue weighted by molar-refractivity contribution is 0.0955. The Balaban J connectivity index is 2.02. The van der Waals surface area contributed by atoms with E-state index in [0.717, 1.165) is 19.8 Å². The van der Waals surface area contributed by atoms with Crippen LogP contribution in [0, 0.1) is 18.8 Å². The van der Waals surface area contributed by atoms with Crippen molar-refractivity contribution in [1.82, 2.24) is 5.32 Å². The third kappa shape index (κ3) is 4.42. The molecule has 0 aliphatic heterocycles. The summed E-state index contributed by atoms with van der Waals surface area (Å²) in [6.07, 6.45) is 0.450. The average molecular weight is 384 g/mol. The van der Waals surface area contributed by atoms with Crippen molar-refractivity contribution >= 4 is 44.5 Å². The fourth-order valence-electron chi connectivity index (χ4n) is 1.62. The van der Waals surface area contributed by atoms with Gasteiger partial charge in [0.25, 0.3) is 5.91 Å². The topological polar surface area (TPSA) is 49.3 Å². The maximum absolute atomic E-state index is 12.1. The van der Waals surface area contributed by atoms with Gasteiger partial charge >= 0.3 is 0 Å². The van der Waals surface area contributed by atoms with Gasteiger partial charge in [0.05, 0.1) is 22.9 Å². The van der Waals surface area contributed by atoms with Gasteiger partial charge in [-0.1, -0.05) is 11.8 Å². The third-order valence-corrected chi connectivity index (χ3v) is 5.76. The first kappa shape index (κ1) is 16.2. The van der Waals surface area contributed by atoms with E-state index in [9.17, 15) is 4.79 Å². The highest BCUT2D eigenvalue weighted by atomic mass is 79.9. The Morgan fingerprint density at radius 3 is 3.00 bits per heavy atom. The predicted octanol–water partition coefficient (Wildman–Crippen LogP) is 3.54. The van der Waals surface area contributed by atoms with Crippen LogP contribution in [-0.2, 0) is 6.54 Å². The molecule has 0 atom stereocenters. The minimum atomic E-state index is -0.0846. The second kappa shape index (κ2) is 7.76. The maximum atomic E-state index is 12.1. The summed E-state index contributed by atoms with van der Waals surface area (Å²) >= 11 is 6.43. The van der Waals surface area contributed by atoms with E-state index in [2.05, 4.69) is 33.1 Å². The molecule has 0 bridgehead atoms. The zero-order chi connectivity index (χ0) is 15.2. The number of aliphatic hydroxyl groups excluding tert-OH is 1. The summed E-state index contributed by atoms with van der Waals surface area (Å²) in [5.41, 5.74) is 0.993. The van der Waals surface area contributed by atoms with Crippen molar-refractivity contribution in [2.24, 2.45) is 0 Å². The summed E-state index contributed by atoms with van der Waals surface area (Å²) in [5.74, 6) is 5.79. The van der Waals surface area contributed by atoms with Gasteiger partial charge in [-0.25, -0.2) is 0 Å². The first-order valence-corrected chi connectivity index (χ1v) is 8.81. The molecule has 2 aromatic rings. The van der Waals surface area contributed by atoms with Crippen LogP contribution in [0.1, 0.15) is 31.4 Å². The molecule has 6 heteroatoms. The molecular weight excluding hydrogens is 370 g/mol. The molecular formula is C15H14BrNO2S2. The van der Waals surface area contributed by atoms with Crippen LogP contribution in [0.5, 0.6) is 0 Å². The third-order valence-electron chi connectivity index (χ3n) is 2.68. The van der Waals surface area contributed by atoms with Gasteiger partial charge in [0.15, 0.2) is 0 Å². The zero-order valence-corrected chi connectivity index (χ0v) is 14.6. The molecule has 0 saturated heterocycles. The van der Waals surface area contributed by atoms with Gasteiger partial charge in [0, 0.05) is 15.8 Å². The van der Waals surface area contributed by atoms with E-state index in [1.165, 1.54) is 11.3 Å². The van der Waals surface area contributed by atoms with E-state index in [0.29, 0.717) is 17.8 Å². The van der Waals surface area contributed by atoms with Crippen molar-refractivity contribution in [1.29, 1.82) is 0 Å². The lowest BCUT2D eigenvalue weighted by Crippen LogP contribution is -2.21. The summed E-state index contributed by atoms with van der Waals surface area (Å²) < 4.78 is 1.02. The number of rotatable bonds is 4. The number of thiophene rings is 2. The smallest absolute Gasteiger partial charge is 0.261 e. The van der Waals surface area contributed by atoms with Gasteiger partial charge < -0.3 is 10.4 Å². The Morgan fingerprint density at radius 2 is 2.33 bits per heavy atom. The number of nitrogens with one attached hydrogen (secondary N) is 1. The van der Waals surface area contributed by atoms with Crippen molar-refractivity contribution < 1.29 is 9.90 Å². The molecule has 0 radical (unpaired) electrons. The first-order valence-electron chi connectivity index (χ1n) is 6.32. The Hall–Kier alpha value is -1.13. The number of halogens is 1. The Bertz CT molecular complexity index is 694. The van der Waals surface area contributed by atoms with Crippen LogP contribution in [0.15, 0.2) is 22.0 Å². The van der Waals surface area contributed by atoms with E-state index in [1.54, 1.807) is 11.3 Å². The number of carbonyl (C=O) groups excluding carboxylic acids is 1. The van der Waals surface area contributed by atoms with Crippen molar-refractivity contribution in [2.45, 2.75) is 19.9 Å². The summed E-state index contributed by atoms with van der Waals surface area (Å²) in [6.45, 7) is 2.51. The normalized spacial score (nSPS) is 10.0. The van der Waals surface area contributed by atoms with Gasteiger partial charge in [-0.3, -0.25) is 4.79 Å². The summed E-state index contributed by atoms with van der Waals surface area (Å²) in [6, 6.07) is 3.82. The van der Waals surface area contributed by atoms with Gasteiger partial charge in [-0.2, -0.15) is 0 Å². The van der Waals surface area contributed by atoms with Crippen molar-refractivity contribution in [3.05, 3.63) is 42.2 Å². The first-order chi connectivity index (χ1) is 10.1. The molecule has 2 N–H and O–H groups in total. The Morgan fingerprint density at radius 1 is 1.52 bits per heavy atom. The monoisotopic (exact) mass is 383 g/mol. The molecule has 0 aromatic carbocycles. The zero-order valence-electron chi connectivity index (χ0n) is 11.4. The number of hydrogen-bond donors (Lipinski definition) is 2. The molecule has 0 unspecified atom stereocenters. The van der Waals surface area contributed by atoms with E-state index in [1.807, 2.05) is 24.4 Å². The molecule has 0 spiro atoms. The van der Waals surface area contributed by atoms with Crippen molar-refractivity contribution in [3.63, 3.8) is 0 Å². The Labute approximate surface area is 140 Å². The summed E-state index contributed by atoms with van der Waals surface area (Å²) in [5, 5.41) is 13.6. The molecule has 1 amide bonds. The van der Waals surface area contributed by atoms with Crippen LogP contribution in [0.3, 0.4) is 0 Å². The molecule has 2 heterocycles. The second-order valence-corrected chi connectivity index (χ2v) is 7.18. The Kier molecular flexibility index (Phi) is 6.00. The van der Waals surface area contributed by atoms with E-state index in [4.69, 9.17) is 5.11 Å². The minimum absolute atomic E-state index is 0.0560. The quantitative estimate of drug-likeness (QED) is 0.793. The van der Waals surface area contributed by atoms with Gasteiger partial charge in [-0.15, -0.1) is 22.7 Å². The van der Waals surface area contributed by atoms with Crippen molar-refractivity contribution in [3.8, 4) is 11.8 Å². The number of aryl methyl sites for hydroxylation is 1. The van der Waals surface area contributed by atoms with Crippen LogP contribution < -0.4 is 5.32 Å². The summed E-state index contributed by atoms with van der Waals surface area (Å²) in [4.78, 5) is 14.8. The van der Waals surface area contributed by atoms with Crippen LogP contribution in [0.2, 0.25) is 0 Å². The SMILES string of the molecule is Cc1cc(C(=O)NCc2sccc2Br)sc1C#CCCO. The standard InChI is InChI=1S/C15H14BrNO2S2/c1-10-8-13(21-12(10)4-2-3-6-18)15(19)17-9-14-11(16)5-7-20-14/h5,7-8,18H,3,6,9H2,1H3,(H,17,19). The fourth-order valence-corrected chi connectivity index (χ4v) is 4.01. The molecule has 2 aromatic heterocycles. The molecule has 110 valence electrons. The maximum Gasteiger partial charge on any atom is 0.261 e. The lowest BCUT2D eigenvalue weighted by Gasteiger charge is -2.01. The van der Waals surface area contributed by atoms with Crippen LogP contribution in [0.25, 0.3) is 0 Å². The van der Waals surface area contributed by atoms with Crippen LogP contribution in [-0.4, -0.2) is 17.6 Å². The van der Waals surface area contributed by atoms with Crippen molar-refractivity contribution in [2.75, 3.05) is 6.61 Å². The average Bonchev–Trinajstić information content (AvgIpc) is 3.03. The highest BCUT2D eigenvalue weighted by Crippen LogP contribution is 2.23. The molecule has 2 rings (SSSR count). The van der Waals surface area contributed by atoms with Gasteiger partial charge in [0.2, 0.25) is 0 Å². The molecule has 3 nitrogen and oxygen atoms in total. The number of hydrogen-bond acceptors (Lipinski definition) is 4. The molecule has 0 saturated carbocycles. The minimum Gasteiger partial charge on any atom is -0.395 e. The largest absolute Gasteiger partial charge is 0.395 e. The predicted molar refractivity (Wildman–Crippen MR) is 90.8 cm³/mol. The van der Waals surface area contributed by atoms with Crippen LogP contribution in [0.4, 0.5) is 0 Å². The fraction of sp³-hybridized carbons (Fsp3) is 0.267.